The maximum atomic E-state index is 11.8. The Labute approximate surface area is 179 Å². The number of thioether (sulfide) groups is 1. The van der Waals surface area contributed by atoms with Gasteiger partial charge in [-0.05, 0) is 24.1 Å². The van der Waals surface area contributed by atoms with Crippen LogP contribution in [0.2, 0.25) is 0 Å². The quantitative estimate of drug-likeness (QED) is 0.570. The van der Waals surface area contributed by atoms with E-state index in [-0.39, 0.29) is 17.4 Å². The van der Waals surface area contributed by atoms with Gasteiger partial charge >= 0.3 is 0 Å². The lowest BCUT2D eigenvalue weighted by molar-refractivity contribution is -0.123. The van der Waals surface area contributed by atoms with Crippen LogP contribution in [0.4, 0.5) is 0 Å². The van der Waals surface area contributed by atoms with E-state index in [0.717, 1.165) is 17.5 Å². The minimum atomic E-state index is -0.159. The number of ether oxygens (including phenoxy) is 1. The summed E-state index contributed by atoms with van der Waals surface area (Å²) in [6.07, 6.45) is 1.42. The van der Waals surface area contributed by atoms with E-state index in [1.165, 1.54) is 11.8 Å². The summed E-state index contributed by atoms with van der Waals surface area (Å²) in [5, 5.41) is 10.5. The molecule has 0 aliphatic carbocycles. The molecular formula is C22H24N4O3S. The first kappa shape index (κ1) is 20.4. The van der Waals surface area contributed by atoms with Crippen LogP contribution < -0.4 is 15.4 Å². The maximum Gasteiger partial charge on any atom is 0.237 e. The van der Waals surface area contributed by atoms with Crippen LogP contribution in [0.25, 0.3) is 11.4 Å². The average molecular weight is 425 g/mol. The number of para-hydroxylation sites is 1. The molecule has 2 unspecified atom stereocenters. The monoisotopic (exact) mass is 424 g/mol. The Hall–Kier alpha value is -2.84. The van der Waals surface area contributed by atoms with Crippen molar-refractivity contribution in [3.63, 3.8) is 0 Å². The lowest BCUT2D eigenvalue weighted by atomic mass is 10.1. The van der Waals surface area contributed by atoms with Gasteiger partial charge in [-0.25, -0.2) is 0 Å². The molecule has 156 valence electrons. The number of nitrogens with one attached hydrogen (secondary N) is 2. The topological polar surface area (TPSA) is 89.3 Å². The molecule has 0 saturated carbocycles. The van der Waals surface area contributed by atoms with Gasteiger partial charge in [-0.1, -0.05) is 54.5 Å². The van der Waals surface area contributed by atoms with E-state index < -0.39 is 0 Å². The number of carbonyl (C=O) groups is 1. The predicted molar refractivity (Wildman–Crippen MR) is 116 cm³/mol. The Morgan fingerprint density at radius 1 is 1.17 bits per heavy atom. The second-order valence-corrected chi connectivity index (χ2v) is 8.11. The van der Waals surface area contributed by atoms with Crippen molar-refractivity contribution in [2.75, 3.05) is 0 Å². The number of rotatable bonds is 8. The molecule has 4 rings (SSSR count). The molecule has 1 saturated heterocycles. The lowest BCUT2D eigenvalue weighted by Crippen LogP contribution is -2.54. The van der Waals surface area contributed by atoms with Gasteiger partial charge in [-0.2, -0.15) is 4.98 Å². The molecule has 1 aromatic heterocycles. The van der Waals surface area contributed by atoms with Crippen molar-refractivity contribution in [3.8, 4) is 17.1 Å². The van der Waals surface area contributed by atoms with Gasteiger partial charge < -0.3 is 14.6 Å². The first-order chi connectivity index (χ1) is 14.7. The summed E-state index contributed by atoms with van der Waals surface area (Å²) in [5.74, 6) is 2.25. The Bertz CT molecular complexity index is 979. The fourth-order valence-corrected chi connectivity index (χ4v) is 4.12. The zero-order chi connectivity index (χ0) is 20.8. The molecule has 2 N–H and O–H groups in total. The van der Waals surface area contributed by atoms with Crippen molar-refractivity contribution in [2.45, 2.75) is 43.7 Å². The molecule has 2 heterocycles. The minimum absolute atomic E-state index is 0.0637. The van der Waals surface area contributed by atoms with Gasteiger partial charge in [0.15, 0.2) is 0 Å². The second kappa shape index (κ2) is 9.77. The number of benzene rings is 2. The molecule has 8 heteroatoms. The van der Waals surface area contributed by atoms with Gasteiger partial charge in [-0.15, -0.1) is 11.8 Å². The average Bonchev–Trinajstić information content (AvgIpc) is 3.26. The summed E-state index contributed by atoms with van der Waals surface area (Å²) < 4.78 is 11.4. The van der Waals surface area contributed by atoms with Crippen LogP contribution >= 0.6 is 11.8 Å². The lowest BCUT2D eigenvalue weighted by Gasteiger charge is -2.30. The van der Waals surface area contributed by atoms with Crippen LogP contribution in [-0.2, 0) is 17.2 Å². The first-order valence-corrected chi connectivity index (χ1v) is 11.0. The summed E-state index contributed by atoms with van der Waals surface area (Å²) in [7, 11) is 0. The van der Waals surface area contributed by atoms with E-state index in [4.69, 9.17) is 9.26 Å². The van der Waals surface area contributed by atoms with Crippen LogP contribution in [0.1, 0.15) is 31.2 Å². The minimum Gasteiger partial charge on any atom is -0.488 e. The number of carbonyl (C=O) groups excluding carboxylic acids is 1. The summed E-state index contributed by atoms with van der Waals surface area (Å²) in [4.78, 5) is 16.3. The molecule has 2 atom stereocenters. The molecule has 0 spiro atoms. The van der Waals surface area contributed by atoms with E-state index in [0.29, 0.717) is 36.2 Å². The van der Waals surface area contributed by atoms with Gasteiger partial charge in [0.25, 0.3) is 0 Å². The standard InChI is InChI=1S/C22H24N4O3S/c1-2-16-12-19(27)24-22(23-16)30-14-20-25-21(26-29-20)17-10-6-7-11-18(17)28-13-15-8-4-3-5-9-15/h3-11,16,22-23H,2,12-14H2,1H3,(H,24,27). The van der Waals surface area contributed by atoms with Gasteiger partial charge in [0.2, 0.25) is 17.6 Å². The third-order valence-corrected chi connectivity index (χ3v) is 5.81. The fourth-order valence-electron chi connectivity index (χ4n) is 3.19. The largest absolute Gasteiger partial charge is 0.488 e. The number of nitrogens with zero attached hydrogens (tertiary/aromatic N) is 2. The van der Waals surface area contributed by atoms with Crippen molar-refractivity contribution in [1.29, 1.82) is 0 Å². The van der Waals surface area contributed by atoms with E-state index >= 15 is 0 Å². The third kappa shape index (κ3) is 5.20. The fraction of sp³-hybridized carbons (Fsp3) is 0.318. The van der Waals surface area contributed by atoms with Crippen LogP contribution in [0, 0.1) is 0 Å². The highest BCUT2D eigenvalue weighted by atomic mass is 32.2. The molecular weight excluding hydrogens is 400 g/mol. The van der Waals surface area contributed by atoms with Crippen LogP contribution in [-0.4, -0.2) is 27.6 Å². The molecule has 3 aromatic rings. The Morgan fingerprint density at radius 2 is 1.97 bits per heavy atom. The molecule has 2 aromatic carbocycles. The van der Waals surface area contributed by atoms with Gasteiger partial charge in [0.1, 0.15) is 17.9 Å². The SMILES string of the molecule is CCC1CC(=O)NC(SCc2nc(-c3ccccc3OCc3ccccc3)no2)N1. The zero-order valence-electron chi connectivity index (χ0n) is 16.7. The van der Waals surface area contributed by atoms with Gasteiger partial charge in [-0.3, -0.25) is 10.1 Å². The molecule has 1 fully saturated rings. The zero-order valence-corrected chi connectivity index (χ0v) is 17.5. The maximum absolute atomic E-state index is 11.8. The Morgan fingerprint density at radius 3 is 2.80 bits per heavy atom. The van der Waals surface area contributed by atoms with E-state index in [9.17, 15) is 4.79 Å². The number of amides is 1. The Kier molecular flexibility index (Phi) is 6.66. The van der Waals surface area contributed by atoms with Gasteiger partial charge in [0.05, 0.1) is 11.3 Å². The first-order valence-electron chi connectivity index (χ1n) is 9.97. The smallest absolute Gasteiger partial charge is 0.237 e. The van der Waals surface area contributed by atoms with Crippen molar-refractivity contribution < 1.29 is 14.1 Å². The molecule has 0 bridgehead atoms. The van der Waals surface area contributed by atoms with Crippen molar-refractivity contribution in [2.24, 2.45) is 0 Å². The van der Waals surface area contributed by atoms with Crippen LogP contribution in [0.5, 0.6) is 5.75 Å². The van der Waals surface area contributed by atoms with E-state index in [1.54, 1.807) is 0 Å². The molecule has 30 heavy (non-hydrogen) atoms. The molecule has 1 amide bonds. The summed E-state index contributed by atoms with van der Waals surface area (Å²) in [6, 6.07) is 17.8. The van der Waals surface area contributed by atoms with Crippen molar-refractivity contribution in [3.05, 3.63) is 66.1 Å². The van der Waals surface area contributed by atoms with Crippen molar-refractivity contribution >= 4 is 17.7 Å². The summed E-state index contributed by atoms with van der Waals surface area (Å²) in [6.45, 7) is 2.53. The predicted octanol–water partition coefficient (Wildman–Crippen LogP) is 3.72. The molecule has 7 nitrogen and oxygen atoms in total. The van der Waals surface area contributed by atoms with Crippen LogP contribution in [0.15, 0.2) is 59.1 Å². The number of hydrogen-bond acceptors (Lipinski definition) is 7. The van der Waals surface area contributed by atoms with Gasteiger partial charge in [0, 0.05) is 12.5 Å². The normalized spacial score (nSPS) is 18.8. The highest BCUT2D eigenvalue weighted by molar-refractivity contribution is 7.99. The highest BCUT2D eigenvalue weighted by Crippen LogP contribution is 2.29. The molecule has 0 radical (unpaired) electrons. The Balaban J connectivity index is 1.39. The third-order valence-electron chi connectivity index (χ3n) is 4.81. The number of hydrogen-bond donors (Lipinski definition) is 2. The highest BCUT2D eigenvalue weighted by Gasteiger charge is 2.25. The van der Waals surface area contributed by atoms with Crippen LogP contribution in [0.3, 0.4) is 0 Å². The van der Waals surface area contributed by atoms with E-state index in [1.807, 2.05) is 54.6 Å². The molecule has 1 aliphatic heterocycles. The summed E-state index contributed by atoms with van der Waals surface area (Å²) in [5.41, 5.74) is 1.71. The number of aromatic nitrogens is 2. The second-order valence-electron chi connectivity index (χ2n) is 7.02. The molecule has 1 aliphatic rings. The van der Waals surface area contributed by atoms with E-state index in [2.05, 4.69) is 27.7 Å². The summed E-state index contributed by atoms with van der Waals surface area (Å²) >= 11 is 1.52. The van der Waals surface area contributed by atoms with Crippen molar-refractivity contribution in [1.82, 2.24) is 20.8 Å².